The molecule has 0 unspecified atom stereocenters. The highest BCUT2D eigenvalue weighted by Crippen LogP contribution is 2.29. The maximum atomic E-state index is 5.62. The molecule has 1 aromatic heterocycles. The van der Waals surface area contributed by atoms with E-state index in [2.05, 4.69) is 4.98 Å². The van der Waals surface area contributed by atoms with Crippen molar-refractivity contribution in [2.75, 3.05) is 6.61 Å². The lowest BCUT2D eigenvalue weighted by molar-refractivity contribution is 0.287. The molecule has 2 rings (SSSR count). The van der Waals surface area contributed by atoms with Gasteiger partial charge in [0, 0.05) is 5.69 Å². The van der Waals surface area contributed by atoms with E-state index >= 15 is 0 Å². The number of hydrogen-bond acceptors (Lipinski definition) is 3. The molecule has 1 aromatic rings. The van der Waals surface area contributed by atoms with Crippen molar-refractivity contribution in [2.45, 2.75) is 19.8 Å². The van der Waals surface area contributed by atoms with Gasteiger partial charge in [-0.05, 0) is 37.8 Å². The monoisotopic (exact) mass is 222 g/mol. The van der Waals surface area contributed by atoms with E-state index in [1.807, 2.05) is 19.1 Å². The first-order chi connectivity index (χ1) is 7.16. The number of aromatic nitrogens is 1. The van der Waals surface area contributed by atoms with Gasteiger partial charge in [0.05, 0.1) is 12.2 Å². The van der Waals surface area contributed by atoms with Gasteiger partial charge >= 0.3 is 0 Å². The van der Waals surface area contributed by atoms with Gasteiger partial charge in [-0.25, -0.2) is 4.98 Å². The predicted molar refractivity (Wildman–Crippen MR) is 63.1 cm³/mol. The van der Waals surface area contributed by atoms with Crippen LogP contribution in [0.1, 0.15) is 24.1 Å². The fourth-order valence-corrected chi connectivity index (χ4v) is 1.47. The van der Waals surface area contributed by atoms with Gasteiger partial charge in [-0.1, -0.05) is 12.2 Å². The summed E-state index contributed by atoms with van der Waals surface area (Å²) in [5.74, 6) is 1.28. The third-order valence-corrected chi connectivity index (χ3v) is 2.64. The SMILES string of the molecule is Cc1ccc(C(N)=S)c(OCC2CC2)n1. The smallest absolute Gasteiger partial charge is 0.223 e. The van der Waals surface area contributed by atoms with Crippen LogP contribution in [0.4, 0.5) is 0 Å². The van der Waals surface area contributed by atoms with Gasteiger partial charge in [0.15, 0.2) is 0 Å². The Balaban J connectivity index is 2.16. The van der Waals surface area contributed by atoms with Crippen molar-refractivity contribution >= 4 is 17.2 Å². The summed E-state index contributed by atoms with van der Waals surface area (Å²) in [5, 5.41) is 0. The number of pyridine rings is 1. The predicted octanol–water partition coefficient (Wildman–Crippen LogP) is 1.81. The molecule has 80 valence electrons. The Morgan fingerprint density at radius 2 is 2.33 bits per heavy atom. The fourth-order valence-electron chi connectivity index (χ4n) is 1.31. The van der Waals surface area contributed by atoms with Crippen LogP contribution >= 0.6 is 12.2 Å². The van der Waals surface area contributed by atoms with Gasteiger partial charge in [0.1, 0.15) is 4.99 Å². The van der Waals surface area contributed by atoms with Crippen LogP contribution in [0.3, 0.4) is 0 Å². The average Bonchev–Trinajstić information content (AvgIpc) is 2.97. The van der Waals surface area contributed by atoms with Crippen molar-refractivity contribution in [3.8, 4) is 5.88 Å². The number of nitrogens with zero attached hydrogens (tertiary/aromatic N) is 1. The normalized spacial score (nSPS) is 15.0. The summed E-state index contributed by atoms with van der Waals surface area (Å²) in [4.78, 5) is 4.65. The summed E-state index contributed by atoms with van der Waals surface area (Å²) < 4.78 is 5.62. The quantitative estimate of drug-likeness (QED) is 0.789. The first-order valence-electron chi connectivity index (χ1n) is 5.07. The van der Waals surface area contributed by atoms with E-state index in [1.165, 1.54) is 12.8 Å². The molecule has 1 fully saturated rings. The van der Waals surface area contributed by atoms with Crippen molar-refractivity contribution in [1.82, 2.24) is 4.98 Å². The Morgan fingerprint density at radius 3 is 2.93 bits per heavy atom. The highest BCUT2D eigenvalue weighted by Gasteiger charge is 2.22. The van der Waals surface area contributed by atoms with Crippen molar-refractivity contribution in [2.24, 2.45) is 11.7 Å². The zero-order chi connectivity index (χ0) is 10.8. The lowest BCUT2D eigenvalue weighted by Crippen LogP contribution is -2.14. The summed E-state index contributed by atoms with van der Waals surface area (Å²) >= 11 is 4.95. The molecule has 0 amide bonds. The van der Waals surface area contributed by atoms with Crippen LogP contribution in [-0.4, -0.2) is 16.6 Å². The zero-order valence-electron chi connectivity index (χ0n) is 8.69. The molecule has 3 nitrogen and oxygen atoms in total. The molecule has 1 saturated carbocycles. The molecule has 0 atom stereocenters. The van der Waals surface area contributed by atoms with Crippen LogP contribution in [0.15, 0.2) is 12.1 Å². The second kappa shape index (κ2) is 4.14. The van der Waals surface area contributed by atoms with Gasteiger partial charge in [0.25, 0.3) is 0 Å². The minimum atomic E-state index is 0.341. The van der Waals surface area contributed by atoms with Crippen molar-refractivity contribution in [1.29, 1.82) is 0 Å². The van der Waals surface area contributed by atoms with Crippen LogP contribution < -0.4 is 10.5 Å². The molecule has 1 aliphatic rings. The fraction of sp³-hybridized carbons (Fsp3) is 0.455. The Labute approximate surface area is 94.6 Å². The molecular formula is C11H14N2OS. The molecule has 1 heterocycles. The van der Waals surface area contributed by atoms with E-state index in [-0.39, 0.29) is 0 Å². The number of nitrogens with two attached hydrogens (primary N) is 1. The molecule has 0 saturated heterocycles. The van der Waals surface area contributed by atoms with Gasteiger partial charge < -0.3 is 10.5 Å². The van der Waals surface area contributed by atoms with E-state index < -0.39 is 0 Å². The molecule has 4 heteroatoms. The number of aryl methyl sites for hydroxylation is 1. The number of thiocarbonyl (C=S) groups is 1. The van der Waals surface area contributed by atoms with Crippen LogP contribution in [0.5, 0.6) is 5.88 Å². The van der Waals surface area contributed by atoms with E-state index in [1.54, 1.807) is 0 Å². The molecule has 1 aliphatic carbocycles. The standard InChI is InChI=1S/C11H14N2OS/c1-7-2-5-9(10(12)15)11(13-7)14-6-8-3-4-8/h2,5,8H,3-4,6H2,1H3,(H2,12,15). The summed E-state index contributed by atoms with van der Waals surface area (Å²) in [6.07, 6.45) is 2.52. The molecule has 0 aromatic carbocycles. The largest absolute Gasteiger partial charge is 0.477 e. The van der Waals surface area contributed by atoms with Gasteiger partial charge in [0.2, 0.25) is 5.88 Å². The Hall–Kier alpha value is -1.16. The topological polar surface area (TPSA) is 48.1 Å². The number of rotatable bonds is 4. The van der Waals surface area contributed by atoms with Crippen LogP contribution in [0, 0.1) is 12.8 Å². The molecular weight excluding hydrogens is 208 g/mol. The van der Waals surface area contributed by atoms with Crippen LogP contribution in [0.25, 0.3) is 0 Å². The minimum Gasteiger partial charge on any atom is -0.477 e. The van der Waals surface area contributed by atoms with Gasteiger partial charge in [-0.15, -0.1) is 0 Å². The summed E-state index contributed by atoms with van der Waals surface area (Å²) in [6.45, 7) is 2.65. The Morgan fingerprint density at radius 1 is 1.60 bits per heavy atom. The summed E-state index contributed by atoms with van der Waals surface area (Å²) in [6, 6.07) is 3.76. The third-order valence-electron chi connectivity index (χ3n) is 2.42. The molecule has 15 heavy (non-hydrogen) atoms. The van der Waals surface area contributed by atoms with E-state index in [0.717, 1.165) is 17.9 Å². The Kier molecular flexibility index (Phi) is 2.86. The lowest BCUT2D eigenvalue weighted by Gasteiger charge is -2.09. The minimum absolute atomic E-state index is 0.341. The van der Waals surface area contributed by atoms with E-state index in [4.69, 9.17) is 22.7 Å². The molecule has 2 N–H and O–H groups in total. The molecule has 0 bridgehead atoms. The van der Waals surface area contributed by atoms with Gasteiger partial charge in [-0.3, -0.25) is 0 Å². The lowest BCUT2D eigenvalue weighted by atomic mass is 10.2. The highest BCUT2D eigenvalue weighted by atomic mass is 32.1. The Bertz CT molecular complexity index is 388. The second-order valence-corrected chi connectivity index (χ2v) is 4.36. The van der Waals surface area contributed by atoms with Crippen molar-refractivity contribution in [3.05, 3.63) is 23.4 Å². The second-order valence-electron chi connectivity index (χ2n) is 3.92. The molecule has 0 spiro atoms. The average molecular weight is 222 g/mol. The molecule has 0 radical (unpaired) electrons. The third kappa shape index (κ3) is 2.65. The maximum Gasteiger partial charge on any atom is 0.223 e. The summed E-state index contributed by atoms with van der Waals surface area (Å²) in [7, 11) is 0. The van der Waals surface area contributed by atoms with Crippen molar-refractivity contribution in [3.63, 3.8) is 0 Å². The zero-order valence-corrected chi connectivity index (χ0v) is 9.51. The molecule has 0 aliphatic heterocycles. The van der Waals surface area contributed by atoms with Crippen LogP contribution in [0.2, 0.25) is 0 Å². The first kappa shape index (κ1) is 10.4. The number of ether oxygens (including phenoxy) is 1. The first-order valence-corrected chi connectivity index (χ1v) is 5.48. The van der Waals surface area contributed by atoms with Crippen LogP contribution in [-0.2, 0) is 0 Å². The van der Waals surface area contributed by atoms with E-state index in [0.29, 0.717) is 16.8 Å². The highest BCUT2D eigenvalue weighted by molar-refractivity contribution is 7.80. The number of hydrogen-bond donors (Lipinski definition) is 1. The van der Waals surface area contributed by atoms with E-state index in [9.17, 15) is 0 Å². The van der Waals surface area contributed by atoms with Crippen molar-refractivity contribution < 1.29 is 4.74 Å². The summed E-state index contributed by atoms with van der Waals surface area (Å²) in [5.41, 5.74) is 7.25. The van der Waals surface area contributed by atoms with Gasteiger partial charge in [-0.2, -0.15) is 0 Å². The maximum absolute atomic E-state index is 5.62.